The fourth-order valence-electron chi connectivity index (χ4n) is 2.76. The quantitative estimate of drug-likeness (QED) is 0.881. The van der Waals surface area contributed by atoms with Crippen molar-refractivity contribution in [1.29, 1.82) is 0 Å². The van der Waals surface area contributed by atoms with Crippen molar-refractivity contribution in [2.24, 2.45) is 0 Å². The molecule has 0 amide bonds. The van der Waals surface area contributed by atoms with Gasteiger partial charge in [-0.05, 0) is 25.0 Å². The van der Waals surface area contributed by atoms with Gasteiger partial charge in [0.2, 0.25) is 0 Å². The number of para-hydroxylation sites is 1. The zero-order chi connectivity index (χ0) is 14.3. The Morgan fingerprint density at radius 2 is 2.20 bits per heavy atom. The van der Waals surface area contributed by atoms with E-state index in [2.05, 4.69) is 14.9 Å². The average molecular weight is 273 g/mol. The van der Waals surface area contributed by atoms with Gasteiger partial charge in [0, 0.05) is 13.1 Å². The third kappa shape index (κ3) is 2.23. The van der Waals surface area contributed by atoms with Gasteiger partial charge in [-0.3, -0.25) is 9.69 Å². The summed E-state index contributed by atoms with van der Waals surface area (Å²) < 4.78 is 0. The van der Waals surface area contributed by atoms with Gasteiger partial charge in [-0.1, -0.05) is 19.1 Å². The highest BCUT2D eigenvalue weighted by molar-refractivity contribution is 5.80. The summed E-state index contributed by atoms with van der Waals surface area (Å²) in [6, 6.07) is 5.61. The van der Waals surface area contributed by atoms with Gasteiger partial charge >= 0.3 is 0 Å². The Labute approximate surface area is 117 Å². The molecular weight excluding hydrogens is 254 g/mol. The minimum absolute atomic E-state index is 0.0972. The van der Waals surface area contributed by atoms with Crippen LogP contribution < -0.4 is 5.56 Å². The lowest BCUT2D eigenvalue weighted by molar-refractivity contribution is -0.104. The van der Waals surface area contributed by atoms with Gasteiger partial charge < -0.3 is 10.1 Å². The molecule has 1 aromatic heterocycles. The molecule has 2 aromatic rings. The molecule has 5 nitrogen and oxygen atoms in total. The van der Waals surface area contributed by atoms with Crippen LogP contribution in [-0.2, 0) is 6.54 Å². The molecule has 3 rings (SSSR count). The molecule has 106 valence electrons. The van der Waals surface area contributed by atoms with E-state index < -0.39 is 5.60 Å². The van der Waals surface area contributed by atoms with Crippen molar-refractivity contribution in [3.63, 3.8) is 0 Å². The van der Waals surface area contributed by atoms with Crippen molar-refractivity contribution in [3.8, 4) is 0 Å². The molecule has 0 unspecified atom stereocenters. The molecule has 0 spiro atoms. The molecule has 0 saturated carbocycles. The number of H-pyrrole nitrogens is 1. The monoisotopic (exact) mass is 273 g/mol. The topological polar surface area (TPSA) is 69.2 Å². The molecule has 1 aliphatic rings. The predicted molar refractivity (Wildman–Crippen MR) is 77.6 cm³/mol. The standard InChI is InChI=1S/C15H19N3O2/c1-3-15(20)8-18(9-15)7-12-16-13-10(2)5-4-6-11(13)14(19)17-12/h4-6,20H,3,7-9H2,1-2H3,(H,16,17,19). The van der Waals surface area contributed by atoms with Crippen LogP contribution in [0.2, 0.25) is 0 Å². The maximum atomic E-state index is 12.1. The number of likely N-dealkylation sites (tertiary alicyclic amines) is 1. The number of hydrogen-bond donors (Lipinski definition) is 2. The van der Waals surface area contributed by atoms with E-state index in [-0.39, 0.29) is 5.56 Å². The third-order valence-electron chi connectivity index (χ3n) is 4.05. The van der Waals surface area contributed by atoms with Crippen LogP contribution in [0.1, 0.15) is 24.7 Å². The molecule has 0 atom stereocenters. The average Bonchev–Trinajstić information content (AvgIpc) is 2.38. The van der Waals surface area contributed by atoms with Crippen LogP contribution in [0.4, 0.5) is 0 Å². The van der Waals surface area contributed by atoms with E-state index in [4.69, 9.17) is 0 Å². The Hall–Kier alpha value is -1.72. The molecule has 0 aliphatic carbocycles. The minimum Gasteiger partial charge on any atom is -0.387 e. The van der Waals surface area contributed by atoms with Crippen LogP contribution in [0.25, 0.3) is 10.9 Å². The van der Waals surface area contributed by atoms with Gasteiger partial charge in [0.25, 0.3) is 5.56 Å². The molecule has 1 saturated heterocycles. The summed E-state index contributed by atoms with van der Waals surface area (Å²) in [5.41, 5.74) is 1.11. The van der Waals surface area contributed by atoms with Gasteiger partial charge in [0.1, 0.15) is 5.82 Å². The number of hydrogen-bond acceptors (Lipinski definition) is 4. The van der Waals surface area contributed by atoms with Crippen LogP contribution in [0.15, 0.2) is 23.0 Å². The normalized spacial score (nSPS) is 18.1. The van der Waals surface area contributed by atoms with Crippen molar-refractivity contribution in [2.75, 3.05) is 13.1 Å². The molecule has 20 heavy (non-hydrogen) atoms. The lowest BCUT2D eigenvalue weighted by Crippen LogP contribution is -2.60. The molecule has 0 radical (unpaired) electrons. The first-order chi connectivity index (χ1) is 9.50. The van der Waals surface area contributed by atoms with Crippen molar-refractivity contribution in [2.45, 2.75) is 32.4 Å². The summed E-state index contributed by atoms with van der Waals surface area (Å²) in [5, 5.41) is 10.6. The lowest BCUT2D eigenvalue weighted by atomic mass is 9.91. The van der Waals surface area contributed by atoms with Crippen molar-refractivity contribution < 1.29 is 5.11 Å². The number of aliphatic hydroxyl groups is 1. The van der Waals surface area contributed by atoms with Gasteiger partial charge in [0.15, 0.2) is 0 Å². The molecule has 1 aliphatic heterocycles. The molecule has 2 N–H and O–H groups in total. The highest BCUT2D eigenvalue weighted by Gasteiger charge is 2.39. The Kier molecular flexibility index (Phi) is 3.11. The first-order valence-corrected chi connectivity index (χ1v) is 6.94. The smallest absolute Gasteiger partial charge is 0.258 e. The maximum absolute atomic E-state index is 12.1. The summed E-state index contributed by atoms with van der Waals surface area (Å²) in [5.74, 6) is 0.662. The number of fused-ring (bicyclic) bond motifs is 1. The SMILES string of the molecule is CCC1(O)CN(Cc2nc3c(C)cccc3c(=O)[nH]2)C1. The number of aromatic nitrogens is 2. The van der Waals surface area contributed by atoms with Gasteiger partial charge in [-0.2, -0.15) is 0 Å². The van der Waals surface area contributed by atoms with Crippen LogP contribution in [0.3, 0.4) is 0 Å². The largest absolute Gasteiger partial charge is 0.387 e. The van der Waals surface area contributed by atoms with Crippen LogP contribution >= 0.6 is 0 Å². The second-order valence-electron chi connectivity index (χ2n) is 5.71. The summed E-state index contributed by atoms with van der Waals surface area (Å²) in [6.07, 6.45) is 0.754. The fraction of sp³-hybridized carbons (Fsp3) is 0.467. The van der Waals surface area contributed by atoms with E-state index >= 15 is 0 Å². The predicted octanol–water partition coefficient (Wildman–Crippen LogP) is 1.19. The second-order valence-corrected chi connectivity index (χ2v) is 5.71. The van der Waals surface area contributed by atoms with Gasteiger partial charge in [-0.15, -0.1) is 0 Å². The van der Waals surface area contributed by atoms with Crippen LogP contribution in [0.5, 0.6) is 0 Å². The summed E-state index contributed by atoms with van der Waals surface area (Å²) in [7, 11) is 0. The van der Waals surface area contributed by atoms with Gasteiger partial charge in [0.05, 0.1) is 23.0 Å². The van der Waals surface area contributed by atoms with Gasteiger partial charge in [-0.25, -0.2) is 4.98 Å². The number of rotatable bonds is 3. The summed E-state index contributed by atoms with van der Waals surface area (Å²) in [6.45, 7) is 5.79. The van der Waals surface area contributed by atoms with E-state index in [1.54, 1.807) is 6.07 Å². The molecule has 1 fully saturated rings. The second kappa shape index (κ2) is 4.68. The molecule has 5 heteroatoms. The Morgan fingerprint density at radius 3 is 2.90 bits per heavy atom. The van der Waals surface area contributed by atoms with E-state index in [1.165, 1.54) is 0 Å². The van der Waals surface area contributed by atoms with E-state index in [0.717, 1.165) is 17.5 Å². The number of aryl methyl sites for hydroxylation is 1. The molecule has 0 bridgehead atoms. The minimum atomic E-state index is -0.562. The number of aromatic amines is 1. The zero-order valence-electron chi connectivity index (χ0n) is 11.8. The summed E-state index contributed by atoms with van der Waals surface area (Å²) >= 11 is 0. The number of nitrogens with one attached hydrogen (secondary N) is 1. The molecule has 2 heterocycles. The van der Waals surface area contributed by atoms with Crippen molar-refractivity contribution >= 4 is 10.9 Å². The van der Waals surface area contributed by atoms with Crippen LogP contribution in [0, 0.1) is 6.92 Å². The Balaban J connectivity index is 1.87. The lowest BCUT2D eigenvalue weighted by Gasteiger charge is -2.45. The van der Waals surface area contributed by atoms with Crippen molar-refractivity contribution in [1.82, 2.24) is 14.9 Å². The Morgan fingerprint density at radius 1 is 1.45 bits per heavy atom. The van der Waals surface area contributed by atoms with Crippen LogP contribution in [-0.4, -0.2) is 38.7 Å². The first-order valence-electron chi connectivity index (χ1n) is 6.94. The van der Waals surface area contributed by atoms with E-state index in [9.17, 15) is 9.90 Å². The zero-order valence-corrected chi connectivity index (χ0v) is 11.8. The fourth-order valence-corrected chi connectivity index (χ4v) is 2.76. The third-order valence-corrected chi connectivity index (χ3v) is 4.05. The molecule has 1 aromatic carbocycles. The first kappa shape index (κ1) is 13.3. The van der Waals surface area contributed by atoms with E-state index in [1.807, 2.05) is 26.0 Å². The highest BCUT2D eigenvalue weighted by atomic mass is 16.3. The number of β-amino-alcohol motifs (C(OH)–C–C–N with tert-alkyl or cyclic N) is 1. The van der Waals surface area contributed by atoms with Crippen molar-refractivity contribution in [3.05, 3.63) is 39.9 Å². The number of benzene rings is 1. The number of nitrogens with zero attached hydrogens (tertiary/aromatic N) is 2. The molecular formula is C15H19N3O2. The highest BCUT2D eigenvalue weighted by Crippen LogP contribution is 2.25. The summed E-state index contributed by atoms with van der Waals surface area (Å²) in [4.78, 5) is 21.5. The maximum Gasteiger partial charge on any atom is 0.258 e. The van der Waals surface area contributed by atoms with E-state index in [0.29, 0.717) is 30.8 Å². The Bertz CT molecular complexity index is 702.